The van der Waals surface area contributed by atoms with E-state index >= 15 is 0 Å². The van der Waals surface area contributed by atoms with E-state index in [1.54, 1.807) is 4.90 Å². The average Bonchev–Trinajstić information content (AvgIpc) is 3.14. The second kappa shape index (κ2) is 6.13. The van der Waals surface area contributed by atoms with Gasteiger partial charge in [0.2, 0.25) is 10.0 Å². The Morgan fingerprint density at radius 3 is 2.52 bits per heavy atom. The van der Waals surface area contributed by atoms with Crippen molar-refractivity contribution < 1.29 is 17.9 Å². The van der Waals surface area contributed by atoms with E-state index in [1.807, 2.05) is 30.3 Å². The summed E-state index contributed by atoms with van der Waals surface area (Å²) in [6.45, 7) is 0.318. The Morgan fingerprint density at radius 1 is 1.26 bits per heavy atom. The van der Waals surface area contributed by atoms with Gasteiger partial charge in [-0.15, -0.1) is 0 Å². The zero-order valence-electron chi connectivity index (χ0n) is 13.0. The third-order valence-electron chi connectivity index (χ3n) is 4.99. The molecule has 126 valence electrons. The summed E-state index contributed by atoms with van der Waals surface area (Å²) in [6.07, 6.45) is 3.62. The summed E-state index contributed by atoms with van der Waals surface area (Å²) >= 11 is 0. The van der Waals surface area contributed by atoms with Crippen molar-refractivity contribution in [2.45, 2.75) is 49.5 Å². The molecule has 2 aliphatic rings. The monoisotopic (exact) mass is 338 g/mol. The average molecular weight is 338 g/mol. The summed E-state index contributed by atoms with van der Waals surface area (Å²) in [6, 6.07) is 9.44. The molecule has 0 aromatic heterocycles. The predicted molar refractivity (Wildman–Crippen MR) is 86.0 cm³/mol. The van der Waals surface area contributed by atoms with Crippen LogP contribution >= 0.6 is 0 Å². The summed E-state index contributed by atoms with van der Waals surface area (Å²) in [5.74, 6) is 0. The van der Waals surface area contributed by atoms with Gasteiger partial charge in [-0.05, 0) is 24.8 Å². The zero-order chi connectivity index (χ0) is 16.5. The van der Waals surface area contributed by atoms with Crippen LogP contribution in [0.3, 0.4) is 0 Å². The number of ether oxygens (including phenoxy) is 1. The Morgan fingerprint density at radius 2 is 1.91 bits per heavy atom. The summed E-state index contributed by atoms with van der Waals surface area (Å²) in [4.78, 5) is 14.1. The number of hydrogen-bond donors (Lipinski definition) is 1. The van der Waals surface area contributed by atoms with Crippen molar-refractivity contribution in [1.29, 1.82) is 0 Å². The first-order valence-corrected chi connectivity index (χ1v) is 9.52. The van der Waals surface area contributed by atoms with Gasteiger partial charge in [-0.3, -0.25) is 0 Å². The first kappa shape index (κ1) is 16.3. The molecule has 1 saturated carbocycles. The maximum Gasteiger partial charge on any atom is 0.410 e. The zero-order valence-corrected chi connectivity index (χ0v) is 13.8. The van der Waals surface area contributed by atoms with Gasteiger partial charge in [-0.1, -0.05) is 43.2 Å². The number of rotatable bonds is 3. The SMILES string of the molecule is NS(=O)(=O)C1CN(C(=O)OCc2ccccc2)C2(CCCC2)C1. The number of hydrogen-bond acceptors (Lipinski definition) is 4. The molecule has 1 aromatic carbocycles. The molecular weight excluding hydrogens is 316 g/mol. The lowest BCUT2D eigenvalue weighted by atomic mass is 9.94. The van der Waals surface area contributed by atoms with Crippen LogP contribution in [-0.4, -0.2) is 36.7 Å². The summed E-state index contributed by atoms with van der Waals surface area (Å²) in [5.41, 5.74) is 0.508. The standard InChI is InChI=1S/C16H22N2O4S/c17-23(20,21)14-10-16(8-4-5-9-16)18(11-14)15(19)22-12-13-6-2-1-3-7-13/h1-3,6-7,14H,4-5,8-12H2,(H2,17,20,21). The van der Waals surface area contributed by atoms with Crippen molar-refractivity contribution in [3.63, 3.8) is 0 Å². The van der Waals surface area contributed by atoms with Gasteiger partial charge in [0.15, 0.2) is 0 Å². The summed E-state index contributed by atoms with van der Waals surface area (Å²) < 4.78 is 28.9. The minimum Gasteiger partial charge on any atom is -0.445 e. The highest BCUT2D eigenvalue weighted by atomic mass is 32.2. The molecule has 2 fully saturated rings. The van der Waals surface area contributed by atoms with Crippen LogP contribution in [0.5, 0.6) is 0 Å². The molecule has 3 rings (SSSR count). The highest BCUT2D eigenvalue weighted by Gasteiger charge is 2.52. The lowest BCUT2D eigenvalue weighted by Crippen LogP contribution is -2.45. The van der Waals surface area contributed by atoms with Gasteiger partial charge in [0.25, 0.3) is 0 Å². The number of carbonyl (C=O) groups is 1. The molecule has 23 heavy (non-hydrogen) atoms. The Labute approximate surface area is 136 Å². The van der Waals surface area contributed by atoms with E-state index in [2.05, 4.69) is 0 Å². The molecule has 7 heteroatoms. The number of amides is 1. The van der Waals surface area contributed by atoms with E-state index in [4.69, 9.17) is 9.88 Å². The second-order valence-electron chi connectivity index (χ2n) is 6.50. The van der Waals surface area contributed by atoms with Crippen LogP contribution in [0.1, 0.15) is 37.7 Å². The Bertz CT molecular complexity index is 669. The number of nitrogens with zero attached hydrogens (tertiary/aromatic N) is 1. The molecule has 2 N–H and O–H groups in total. The maximum atomic E-state index is 12.5. The van der Waals surface area contributed by atoms with Crippen molar-refractivity contribution >= 4 is 16.1 Å². The normalized spacial score (nSPS) is 23.3. The van der Waals surface area contributed by atoms with E-state index in [0.717, 1.165) is 31.2 Å². The molecule has 0 radical (unpaired) electrons. The Hall–Kier alpha value is -1.60. The van der Waals surface area contributed by atoms with Crippen molar-refractivity contribution in [2.75, 3.05) is 6.54 Å². The van der Waals surface area contributed by atoms with Crippen LogP contribution in [0.2, 0.25) is 0 Å². The largest absolute Gasteiger partial charge is 0.445 e. The van der Waals surface area contributed by atoms with Crippen molar-refractivity contribution in [3.05, 3.63) is 35.9 Å². The Kier molecular flexibility index (Phi) is 4.33. The molecule has 1 aliphatic carbocycles. The van der Waals surface area contributed by atoms with Gasteiger partial charge in [0.05, 0.1) is 5.25 Å². The van der Waals surface area contributed by atoms with E-state index in [-0.39, 0.29) is 13.2 Å². The molecule has 6 nitrogen and oxygen atoms in total. The molecule has 1 amide bonds. The van der Waals surface area contributed by atoms with E-state index in [0.29, 0.717) is 6.42 Å². The van der Waals surface area contributed by atoms with Gasteiger partial charge in [0, 0.05) is 12.1 Å². The fraction of sp³-hybridized carbons (Fsp3) is 0.562. The fourth-order valence-electron chi connectivity index (χ4n) is 3.79. The summed E-state index contributed by atoms with van der Waals surface area (Å²) in [7, 11) is -3.65. The third kappa shape index (κ3) is 3.35. The van der Waals surface area contributed by atoms with E-state index < -0.39 is 26.9 Å². The van der Waals surface area contributed by atoms with Crippen molar-refractivity contribution in [2.24, 2.45) is 5.14 Å². The number of sulfonamides is 1. The molecule has 1 heterocycles. The predicted octanol–water partition coefficient (Wildman–Crippen LogP) is 2.00. The van der Waals surface area contributed by atoms with Crippen LogP contribution in [0.25, 0.3) is 0 Å². The first-order chi connectivity index (χ1) is 10.9. The van der Waals surface area contributed by atoms with Crippen molar-refractivity contribution in [3.8, 4) is 0 Å². The molecule has 0 bridgehead atoms. The summed E-state index contributed by atoms with van der Waals surface area (Å²) in [5, 5.41) is 4.62. The number of likely N-dealkylation sites (tertiary alicyclic amines) is 1. The van der Waals surface area contributed by atoms with Gasteiger partial charge >= 0.3 is 6.09 Å². The second-order valence-corrected chi connectivity index (χ2v) is 8.34. The van der Waals surface area contributed by atoms with Gasteiger partial charge in [0.1, 0.15) is 6.61 Å². The first-order valence-electron chi connectivity index (χ1n) is 7.91. The molecule has 1 unspecified atom stereocenters. The lowest BCUT2D eigenvalue weighted by Gasteiger charge is -2.33. The number of carbonyl (C=O) groups excluding carboxylic acids is 1. The van der Waals surface area contributed by atoms with Crippen LogP contribution in [0.4, 0.5) is 4.79 Å². The van der Waals surface area contributed by atoms with E-state index in [9.17, 15) is 13.2 Å². The van der Waals surface area contributed by atoms with Gasteiger partial charge in [-0.2, -0.15) is 0 Å². The van der Waals surface area contributed by atoms with Crippen LogP contribution in [-0.2, 0) is 21.4 Å². The third-order valence-corrected chi connectivity index (χ3v) is 6.24. The minimum absolute atomic E-state index is 0.131. The van der Waals surface area contributed by atoms with Crippen LogP contribution < -0.4 is 5.14 Å². The highest BCUT2D eigenvalue weighted by Crippen LogP contribution is 2.44. The van der Waals surface area contributed by atoms with Crippen molar-refractivity contribution in [1.82, 2.24) is 4.90 Å². The molecule has 1 aromatic rings. The quantitative estimate of drug-likeness (QED) is 0.913. The maximum absolute atomic E-state index is 12.5. The number of nitrogens with two attached hydrogens (primary N) is 1. The van der Waals surface area contributed by atoms with Crippen LogP contribution in [0, 0.1) is 0 Å². The smallest absolute Gasteiger partial charge is 0.410 e. The highest BCUT2D eigenvalue weighted by molar-refractivity contribution is 7.89. The molecule has 1 atom stereocenters. The molecular formula is C16H22N2O4S. The van der Waals surface area contributed by atoms with Gasteiger partial charge < -0.3 is 9.64 Å². The minimum atomic E-state index is -3.65. The van der Waals surface area contributed by atoms with E-state index in [1.165, 1.54) is 0 Å². The fourth-order valence-corrected chi connectivity index (χ4v) is 4.69. The molecule has 1 saturated heterocycles. The number of benzene rings is 1. The van der Waals surface area contributed by atoms with Crippen LogP contribution in [0.15, 0.2) is 30.3 Å². The topological polar surface area (TPSA) is 89.7 Å². The Balaban J connectivity index is 1.72. The van der Waals surface area contributed by atoms with Gasteiger partial charge in [-0.25, -0.2) is 18.4 Å². The lowest BCUT2D eigenvalue weighted by molar-refractivity contribution is 0.0664. The molecule has 1 spiro atoms. The number of primary sulfonamides is 1. The molecule has 1 aliphatic heterocycles.